The second kappa shape index (κ2) is 6.05. The zero-order chi connectivity index (χ0) is 7.11. The van der Waals surface area contributed by atoms with Crippen molar-refractivity contribution < 1.29 is 5.11 Å². The van der Waals surface area contributed by atoms with Gasteiger partial charge in [-0.15, -0.1) is 0 Å². The summed E-state index contributed by atoms with van der Waals surface area (Å²) in [6, 6.07) is 0.796. The Bertz CT molecular complexity index is 50.9. The first-order chi connectivity index (χ1) is 4.31. The quantitative estimate of drug-likeness (QED) is 0.508. The van der Waals surface area contributed by atoms with E-state index in [0.29, 0.717) is 0 Å². The lowest BCUT2D eigenvalue weighted by molar-refractivity contribution is 0.318. The minimum atomic E-state index is 0.250. The third kappa shape index (κ3) is 5.80. The number of hydrogen-bond acceptors (Lipinski definition) is 2. The van der Waals surface area contributed by atoms with Crippen molar-refractivity contribution in [2.75, 3.05) is 13.2 Å². The van der Waals surface area contributed by atoms with Gasteiger partial charge in [0, 0.05) is 12.6 Å². The highest BCUT2D eigenvalue weighted by atomic mass is 16.2. The van der Waals surface area contributed by atoms with E-state index in [1.54, 1.807) is 6.92 Å². The van der Waals surface area contributed by atoms with Crippen LogP contribution in [0, 0.1) is 0 Å². The first-order valence-electron chi connectivity index (χ1n) is 3.65. The molecule has 1 unspecified atom stereocenters. The Labute approximate surface area is 57.3 Å². The molecule has 2 nitrogen and oxygen atoms in total. The number of aliphatic hydroxyl groups excluding tert-OH is 1. The van der Waals surface area contributed by atoms with Gasteiger partial charge < -0.3 is 10.4 Å². The molecular formula is C7H17NO. The molecule has 0 aromatic rings. The third-order valence-corrected chi connectivity index (χ3v) is 1.31. The van der Waals surface area contributed by atoms with E-state index in [4.69, 9.17) is 5.11 Å². The highest BCUT2D eigenvalue weighted by Crippen LogP contribution is 2.01. The largest absolute Gasteiger partial charge is 0.397 e. The van der Waals surface area contributed by atoms with Crippen LogP contribution in [0.4, 0.5) is 0 Å². The van der Waals surface area contributed by atoms with Gasteiger partial charge >= 0.3 is 0 Å². The van der Waals surface area contributed by atoms with Crippen LogP contribution in [0.3, 0.4) is 0 Å². The van der Waals surface area contributed by atoms with Gasteiger partial charge in [-0.05, 0) is 33.2 Å². The van der Waals surface area contributed by atoms with Gasteiger partial charge in [-0.1, -0.05) is 0 Å². The Hall–Kier alpha value is -0.0800. The topological polar surface area (TPSA) is 32.3 Å². The summed E-state index contributed by atoms with van der Waals surface area (Å²) in [7, 11) is 0. The Kier molecular flexibility index (Phi) is 5.99. The second-order valence-electron chi connectivity index (χ2n) is 2.31. The molecule has 0 aromatic carbocycles. The molecule has 0 aromatic heterocycles. The van der Waals surface area contributed by atoms with Crippen LogP contribution in [0.2, 0.25) is 0 Å². The van der Waals surface area contributed by atoms with Gasteiger partial charge in [0.05, 0.1) is 0 Å². The van der Waals surface area contributed by atoms with Crippen molar-refractivity contribution >= 4 is 0 Å². The first-order valence-corrected chi connectivity index (χ1v) is 3.65. The van der Waals surface area contributed by atoms with Crippen LogP contribution in [0.15, 0.2) is 0 Å². The summed E-state index contributed by atoms with van der Waals surface area (Å²) in [4.78, 5) is 0. The zero-order valence-electron chi connectivity index (χ0n) is 6.35. The van der Waals surface area contributed by atoms with Crippen molar-refractivity contribution in [2.45, 2.75) is 32.7 Å². The van der Waals surface area contributed by atoms with Crippen LogP contribution in [0.1, 0.15) is 26.7 Å². The van der Waals surface area contributed by atoms with Crippen LogP contribution in [-0.2, 0) is 0 Å². The van der Waals surface area contributed by atoms with Crippen LogP contribution >= 0.6 is 0 Å². The van der Waals surface area contributed by atoms with Crippen molar-refractivity contribution in [3.05, 3.63) is 0 Å². The molecule has 9 heavy (non-hydrogen) atoms. The summed E-state index contributed by atoms with van der Waals surface area (Å²) < 4.78 is 0. The van der Waals surface area contributed by atoms with Crippen LogP contribution in [-0.4, -0.2) is 24.3 Å². The Morgan fingerprint density at radius 2 is 2.22 bits per heavy atom. The van der Waals surface area contributed by atoms with Gasteiger partial charge in [0.2, 0.25) is 0 Å². The van der Waals surface area contributed by atoms with E-state index < -0.39 is 0 Å². The maximum absolute atomic E-state index is 7.57. The summed E-state index contributed by atoms with van der Waals surface area (Å²) in [5.74, 6) is 0. The molecule has 1 fully saturated rings. The minimum Gasteiger partial charge on any atom is -0.397 e. The van der Waals surface area contributed by atoms with E-state index in [-0.39, 0.29) is 6.61 Å². The van der Waals surface area contributed by atoms with E-state index >= 15 is 0 Å². The fourth-order valence-electron chi connectivity index (χ4n) is 0.859. The van der Waals surface area contributed by atoms with Gasteiger partial charge in [-0.2, -0.15) is 0 Å². The number of hydrogen-bond donors (Lipinski definition) is 2. The lowest BCUT2D eigenvalue weighted by Crippen LogP contribution is -2.16. The standard InChI is InChI=1S/C5H11N.C2H6O/c1-5-3-2-4-6-5;1-2-3/h5-6H,2-4H2,1H3;3H,2H2,1H3. The lowest BCUT2D eigenvalue weighted by Gasteiger charge is -1.95. The van der Waals surface area contributed by atoms with E-state index in [9.17, 15) is 0 Å². The monoisotopic (exact) mass is 131 g/mol. The molecular weight excluding hydrogens is 114 g/mol. The van der Waals surface area contributed by atoms with Gasteiger partial charge in [0.1, 0.15) is 0 Å². The molecule has 0 aliphatic carbocycles. The second-order valence-corrected chi connectivity index (χ2v) is 2.31. The molecule has 56 valence electrons. The average Bonchev–Trinajstić information content (AvgIpc) is 2.20. The van der Waals surface area contributed by atoms with Crippen molar-refractivity contribution in [1.82, 2.24) is 5.32 Å². The maximum Gasteiger partial charge on any atom is 0.0402 e. The number of aliphatic hydroxyl groups is 1. The van der Waals surface area contributed by atoms with E-state index in [0.717, 1.165) is 6.04 Å². The first kappa shape index (κ1) is 8.92. The van der Waals surface area contributed by atoms with Gasteiger partial charge in [0.25, 0.3) is 0 Å². The van der Waals surface area contributed by atoms with Crippen LogP contribution in [0.25, 0.3) is 0 Å². The number of rotatable bonds is 0. The molecule has 1 heterocycles. The normalized spacial score (nSPS) is 25.0. The van der Waals surface area contributed by atoms with Crippen molar-refractivity contribution in [1.29, 1.82) is 0 Å². The molecule has 0 saturated carbocycles. The molecule has 1 saturated heterocycles. The van der Waals surface area contributed by atoms with Crippen LogP contribution < -0.4 is 5.32 Å². The van der Waals surface area contributed by atoms with Gasteiger partial charge in [0.15, 0.2) is 0 Å². The fraction of sp³-hybridized carbons (Fsp3) is 1.00. The smallest absolute Gasteiger partial charge is 0.0402 e. The molecule has 1 aliphatic rings. The maximum atomic E-state index is 7.57. The Morgan fingerprint density at radius 3 is 2.33 bits per heavy atom. The number of nitrogens with one attached hydrogen (secondary N) is 1. The molecule has 0 amide bonds. The molecule has 0 bridgehead atoms. The predicted octanol–water partition coefficient (Wildman–Crippen LogP) is 0.757. The SMILES string of the molecule is CC1CCCN1.CCO. The molecule has 2 heteroatoms. The fourth-order valence-corrected chi connectivity index (χ4v) is 0.859. The summed E-state index contributed by atoms with van der Waals surface area (Å²) in [6.45, 7) is 5.40. The molecule has 0 spiro atoms. The Balaban J connectivity index is 0.000000187. The average molecular weight is 131 g/mol. The summed E-state index contributed by atoms with van der Waals surface area (Å²) >= 11 is 0. The highest BCUT2D eigenvalue weighted by molar-refractivity contribution is 4.67. The molecule has 1 aliphatic heterocycles. The van der Waals surface area contributed by atoms with E-state index in [2.05, 4.69) is 12.2 Å². The predicted molar refractivity (Wildman–Crippen MR) is 39.5 cm³/mol. The summed E-state index contributed by atoms with van der Waals surface area (Å²) in [6.07, 6.45) is 2.75. The van der Waals surface area contributed by atoms with Crippen LogP contribution in [0.5, 0.6) is 0 Å². The molecule has 0 radical (unpaired) electrons. The lowest BCUT2D eigenvalue weighted by atomic mass is 10.3. The van der Waals surface area contributed by atoms with Gasteiger partial charge in [-0.3, -0.25) is 0 Å². The molecule has 2 N–H and O–H groups in total. The van der Waals surface area contributed by atoms with Crippen molar-refractivity contribution in [3.8, 4) is 0 Å². The zero-order valence-corrected chi connectivity index (χ0v) is 6.35. The van der Waals surface area contributed by atoms with Gasteiger partial charge in [-0.25, -0.2) is 0 Å². The summed E-state index contributed by atoms with van der Waals surface area (Å²) in [5, 5.41) is 10.9. The molecule has 1 rings (SSSR count). The summed E-state index contributed by atoms with van der Waals surface area (Å²) in [5.41, 5.74) is 0. The highest BCUT2D eigenvalue weighted by Gasteiger charge is 2.05. The third-order valence-electron chi connectivity index (χ3n) is 1.31. The van der Waals surface area contributed by atoms with Crippen molar-refractivity contribution in [2.24, 2.45) is 0 Å². The Morgan fingerprint density at radius 1 is 1.67 bits per heavy atom. The van der Waals surface area contributed by atoms with E-state index in [1.165, 1.54) is 19.4 Å². The van der Waals surface area contributed by atoms with E-state index in [1.807, 2.05) is 0 Å². The molecule has 1 atom stereocenters. The minimum absolute atomic E-state index is 0.250. The van der Waals surface area contributed by atoms with Crippen molar-refractivity contribution in [3.63, 3.8) is 0 Å².